The average Bonchev–Trinajstić information content (AvgIpc) is 1.83. The Morgan fingerprint density at radius 3 is 2.17 bits per heavy atom. The summed E-state index contributed by atoms with van der Waals surface area (Å²) in [6.45, 7) is 12.1. The quantitative estimate of drug-likeness (QED) is 0.549. The van der Waals surface area contributed by atoms with Gasteiger partial charge in [-0.1, -0.05) is 41.0 Å². The maximum absolute atomic E-state index is 2.45. The van der Waals surface area contributed by atoms with Crippen LogP contribution in [0.2, 0.25) is 0 Å². The van der Waals surface area contributed by atoms with Crippen LogP contribution in [0.15, 0.2) is 0 Å². The Morgan fingerprint density at radius 2 is 1.75 bits per heavy atom. The first-order valence-corrected chi connectivity index (χ1v) is 5.37. The molecule has 0 saturated heterocycles. The molecule has 72 valence electrons. The molecule has 1 aliphatic rings. The fourth-order valence-corrected chi connectivity index (χ4v) is 3.18. The van der Waals surface area contributed by atoms with E-state index < -0.39 is 0 Å². The van der Waals surface area contributed by atoms with Gasteiger partial charge in [-0.05, 0) is 36.0 Å². The summed E-state index contributed by atoms with van der Waals surface area (Å²) in [6, 6.07) is 0. The molecule has 0 aliphatic heterocycles. The molecule has 1 aliphatic carbocycles. The standard InChI is InChI=1S/C12H24/c1-6-10-7-8-11(2,3)9-12(10,4)5/h10H,6-9H2,1-5H3. The van der Waals surface area contributed by atoms with Crippen LogP contribution in [0.4, 0.5) is 0 Å². The smallest absolute Gasteiger partial charge is 0.0321 e. The maximum atomic E-state index is 2.45. The van der Waals surface area contributed by atoms with Crippen LogP contribution < -0.4 is 0 Å². The highest BCUT2D eigenvalue weighted by molar-refractivity contribution is 4.89. The number of rotatable bonds is 1. The fraction of sp³-hybridized carbons (Fsp3) is 1.00. The topological polar surface area (TPSA) is 0 Å². The second-order valence-electron chi connectivity index (χ2n) is 5.97. The van der Waals surface area contributed by atoms with Crippen molar-refractivity contribution in [3.05, 3.63) is 0 Å². The molecular weight excluding hydrogens is 144 g/mol. The van der Waals surface area contributed by atoms with Crippen molar-refractivity contribution in [2.75, 3.05) is 0 Å². The van der Waals surface area contributed by atoms with E-state index in [2.05, 4.69) is 34.6 Å². The largest absolute Gasteiger partial charge is 0.0651 e. The highest BCUT2D eigenvalue weighted by Crippen LogP contribution is 2.50. The first kappa shape index (κ1) is 10.1. The van der Waals surface area contributed by atoms with Crippen molar-refractivity contribution in [2.24, 2.45) is 16.7 Å². The zero-order chi connectivity index (χ0) is 9.41. The minimum Gasteiger partial charge on any atom is -0.0651 e. The Bertz CT molecular complexity index is 153. The molecule has 1 saturated carbocycles. The molecule has 0 aromatic carbocycles. The molecule has 1 rings (SSSR count). The Balaban J connectivity index is 2.67. The highest BCUT2D eigenvalue weighted by Gasteiger charge is 2.38. The third-order valence-corrected chi connectivity index (χ3v) is 3.70. The van der Waals surface area contributed by atoms with Crippen molar-refractivity contribution >= 4 is 0 Å². The summed E-state index contributed by atoms with van der Waals surface area (Å²) in [7, 11) is 0. The summed E-state index contributed by atoms with van der Waals surface area (Å²) in [6.07, 6.45) is 5.63. The van der Waals surface area contributed by atoms with Crippen molar-refractivity contribution in [3.8, 4) is 0 Å². The summed E-state index contributed by atoms with van der Waals surface area (Å²) in [4.78, 5) is 0. The monoisotopic (exact) mass is 168 g/mol. The van der Waals surface area contributed by atoms with Crippen LogP contribution in [0, 0.1) is 16.7 Å². The molecule has 0 radical (unpaired) electrons. The molecule has 12 heavy (non-hydrogen) atoms. The van der Waals surface area contributed by atoms with E-state index in [0.29, 0.717) is 10.8 Å². The maximum Gasteiger partial charge on any atom is -0.0321 e. The van der Waals surface area contributed by atoms with Gasteiger partial charge in [-0.2, -0.15) is 0 Å². The van der Waals surface area contributed by atoms with Gasteiger partial charge in [0, 0.05) is 0 Å². The molecule has 0 amide bonds. The van der Waals surface area contributed by atoms with E-state index in [9.17, 15) is 0 Å². The predicted octanol–water partition coefficient (Wildman–Crippen LogP) is 4.25. The predicted molar refractivity (Wildman–Crippen MR) is 55.2 cm³/mol. The molecule has 0 spiro atoms. The van der Waals surface area contributed by atoms with Crippen molar-refractivity contribution in [1.29, 1.82) is 0 Å². The van der Waals surface area contributed by atoms with Crippen LogP contribution in [0.5, 0.6) is 0 Å². The third-order valence-electron chi connectivity index (χ3n) is 3.70. The number of hydrogen-bond acceptors (Lipinski definition) is 0. The first-order chi connectivity index (χ1) is 5.37. The van der Waals surface area contributed by atoms with E-state index in [1.54, 1.807) is 0 Å². The minimum absolute atomic E-state index is 0.580. The summed E-state index contributed by atoms with van der Waals surface area (Å²) < 4.78 is 0. The van der Waals surface area contributed by atoms with Gasteiger partial charge in [0.15, 0.2) is 0 Å². The van der Waals surface area contributed by atoms with Gasteiger partial charge in [0.25, 0.3) is 0 Å². The van der Waals surface area contributed by atoms with Crippen LogP contribution >= 0.6 is 0 Å². The van der Waals surface area contributed by atoms with Crippen molar-refractivity contribution < 1.29 is 0 Å². The van der Waals surface area contributed by atoms with Crippen molar-refractivity contribution in [2.45, 2.75) is 60.3 Å². The Labute approximate surface area is 77.7 Å². The van der Waals surface area contributed by atoms with Gasteiger partial charge in [0.2, 0.25) is 0 Å². The second kappa shape index (κ2) is 3.05. The Hall–Kier alpha value is 0. The third kappa shape index (κ3) is 2.02. The van der Waals surface area contributed by atoms with Gasteiger partial charge >= 0.3 is 0 Å². The lowest BCUT2D eigenvalue weighted by Gasteiger charge is -2.46. The van der Waals surface area contributed by atoms with Gasteiger partial charge in [-0.3, -0.25) is 0 Å². The zero-order valence-corrected chi connectivity index (χ0v) is 9.41. The summed E-state index contributed by atoms with van der Waals surface area (Å²) in [5.74, 6) is 0.963. The summed E-state index contributed by atoms with van der Waals surface area (Å²) in [5.41, 5.74) is 1.17. The molecule has 0 heterocycles. The molecule has 0 aromatic heterocycles. The van der Waals surface area contributed by atoms with Crippen LogP contribution in [0.25, 0.3) is 0 Å². The molecule has 0 N–H and O–H groups in total. The van der Waals surface area contributed by atoms with Gasteiger partial charge in [-0.15, -0.1) is 0 Å². The lowest BCUT2D eigenvalue weighted by molar-refractivity contribution is 0.0468. The molecule has 0 heteroatoms. The van der Waals surface area contributed by atoms with Crippen LogP contribution in [-0.4, -0.2) is 0 Å². The minimum atomic E-state index is 0.580. The van der Waals surface area contributed by atoms with E-state index in [-0.39, 0.29) is 0 Å². The van der Waals surface area contributed by atoms with E-state index >= 15 is 0 Å². The molecule has 0 bridgehead atoms. The average molecular weight is 168 g/mol. The van der Waals surface area contributed by atoms with Crippen LogP contribution in [-0.2, 0) is 0 Å². The highest BCUT2D eigenvalue weighted by atomic mass is 14.4. The van der Waals surface area contributed by atoms with Gasteiger partial charge in [0.05, 0.1) is 0 Å². The van der Waals surface area contributed by atoms with E-state index in [1.165, 1.54) is 25.7 Å². The number of hydrogen-bond donors (Lipinski definition) is 0. The summed E-state index contributed by atoms with van der Waals surface area (Å²) >= 11 is 0. The van der Waals surface area contributed by atoms with Crippen molar-refractivity contribution in [1.82, 2.24) is 0 Å². The molecule has 1 atom stereocenters. The lowest BCUT2D eigenvalue weighted by Crippen LogP contribution is -2.35. The molecule has 0 aromatic rings. The second-order valence-corrected chi connectivity index (χ2v) is 5.97. The lowest BCUT2D eigenvalue weighted by atomic mass is 9.59. The van der Waals surface area contributed by atoms with E-state index in [1.807, 2.05) is 0 Å². The van der Waals surface area contributed by atoms with Gasteiger partial charge in [0.1, 0.15) is 0 Å². The van der Waals surface area contributed by atoms with E-state index in [4.69, 9.17) is 0 Å². The van der Waals surface area contributed by atoms with Gasteiger partial charge < -0.3 is 0 Å². The normalized spacial score (nSPS) is 33.2. The summed E-state index contributed by atoms with van der Waals surface area (Å²) in [5, 5.41) is 0. The molecular formula is C12H24. The van der Waals surface area contributed by atoms with Gasteiger partial charge in [-0.25, -0.2) is 0 Å². The van der Waals surface area contributed by atoms with E-state index in [0.717, 1.165) is 5.92 Å². The molecule has 1 unspecified atom stereocenters. The Kier molecular flexibility index (Phi) is 2.56. The Morgan fingerprint density at radius 1 is 1.17 bits per heavy atom. The first-order valence-electron chi connectivity index (χ1n) is 5.37. The van der Waals surface area contributed by atoms with Crippen molar-refractivity contribution in [3.63, 3.8) is 0 Å². The SMILES string of the molecule is CCC1CCC(C)(C)CC1(C)C. The van der Waals surface area contributed by atoms with Crippen LogP contribution in [0.1, 0.15) is 60.3 Å². The molecule has 0 nitrogen and oxygen atoms in total. The molecule has 1 fully saturated rings. The fourth-order valence-electron chi connectivity index (χ4n) is 3.18. The zero-order valence-electron chi connectivity index (χ0n) is 9.41. The van der Waals surface area contributed by atoms with Crippen LogP contribution in [0.3, 0.4) is 0 Å².